The number of aliphatic hydroxyl groups excluding tert-OH is 1. The molecule has 0 radical (unpaired) electrons. The average molecular weight is 248 g/mol. The molecule has 0 saturated heterocycles. The van der Waals surface area contributed by atoms with Crippen molar-refractivity contribution in [3.8, 4) is 6.07 Å². The molecule has 0 saturated carbocycles. The lowest BCUT2D eigenvalue weighted by Gasteiger charge is -2.16. The van der Waals surface area contributed by atoms with Crippen molar-refractivity contribution < 1.29 is 19.8 Å². The molecule has 3 N–H and O–H groups in total. The Hall–Kier alpha value is -2.39. The highest BCUT2D eigenvalue weighted by molar-refractivity contribution is 5.96. The Kier molecular flexibility index (Phi) is 4.40. The fraction of sp³-hybridized carbons (Fsp3) is 0.250. The summed E-state index contributed by atoms with van der Waals surface area (Å²) >= 11 is 0. The molecular weight excluding hydrogens is 236 g/mol. The van der Waals surface area contributed by atoms with Crippen molar-refractivity contribution in [2.24, 2.45) is 0 Å². The van der Waals surface area contributed by atoms with Crippen LogP contribution < -0.4 is 5.32 Å². The van der Waals surface area contributed by atoms with Gasteiger partial charge in [0.25, 0.3) is 5.91 Å². The molecule has 0 aliphatic carbocycles. The number of aliphatic carboxylic acids is 1. The van der Waals surface area contributed by atoms with Gasteiger partial charge >= 0.3 is 5.97 Å². The number of carboxylic acids is 1. The van der Waals surface area contributed by atoms with Crippen LogP contribution in [0, 0.1) is 11.3 Å². The van der Waals surface area contributed by atoms with E-state index in [9.17, 15) is 14.7 Å². The van der Waals surface area contributed by atoms with Crippen LogP contribution in [0.25, 0.3) is 0 Å². The third kappa shape index (κ3) is 3.30. The number of carbonyl (C=O) groups excluding carboxylic acids is 1. The van der Waals surface area contributed by atoms with Gasteiger partial charge in [-0.3, -0.25) is 4.79 Å². The van der Waals surface area contributed by atoms with Gasteiger partial charge in [-0.2, -0.15) is 5.26 Å². The Labute approximate surface area is 103 Å². The van der Waals surface area contributed by atoms with E-state index in [1.54, 1.807) is 0 Å². The first kappa shape index (κ1) is 13.7. The van der Waals surface area contributed by atoms with E-state index >= 15 is 0 Å². The number of benzene rings is 1. The molecule has 0 spiro atoms. The molecule has 0 aromatic heterocycles. The zero-order valence-corrected chi connectivity index (χ0v) is 9.62. The highest BCUT2D eigenvalue weighted by Gasteiger charge is 2.25. The van der Waals surface area contributed by atoms with Crippen molar-refractivity contribution in [1.82, 2.24) is 5.32 Å². The Morgan fingerprint density at radius 2 is 1.89 bits per heavy atom. The fourth-order valence-corrected chi connectivity index (χ4v) is 1.31. The molecule has 2 atom stereocenters. The van der Waals surface area contributed by atoms with Crippen LogP contribution in [-0.2, 0) is 4.79 Å². The van der Waals surface area contributed by atoms with E-state index < -0.39 is 24.0 Å². The highest BCUT2D eigenvalue weighted by atomic mass is 16.4. The van der Waals surface area contributed by atoms with Gasteiger partial charge in [-0.05, 0) is 31.2 Å². The minimum absolute atomic E-state index is 0.223. The maximum atomic E-state index is 11.7. The number of carboxylic acid groups (broad SMARTS) is 1. The summed E-state index contributed by atoms with van der Waals surface area (Å²) in [6.45, 7) is 1.28. The van der Waals surface area contributed by atoms with Crippen molar-refractivity contribution in [3.63, 3.8) is 0 Å². The van der Waals surface area contributed by atoms with Gasteiger partial charge < -0.3 is 15.5 Å². The van der Waals surface area contributed by atoms with Gasteiger partial charge in [0, 0.05) is 5.56 Å². The topological polar surface area (TPSA) is 110 Å². The van der Waals surface area contributed by atoms with E-state index in [1.165, 1.54) is 31.2 Å². The normalized spacial score (nSPS) is 13.2. The van der Waals surface area contributed by atoms with Crippen LogP contribution in [0.15, 0.2) is 24.3 Å². The van der Waals surface area contributed by atoms with Gasteiger partial charge in [0.15, 0.2) is 6.04 Å². The molecular formula is C12H12N2O4. The zero-order chi connectivity index (χ0) is 13.7. The maximum Gasteiger partial charge on any atom is 0.328 e. The SMILES string of the molecule is CC(O)C(NC(=O)c1ccc(C#N)cc1)C(=O)O. The third-order valence-corrected chi connectivity index (χ3v) is 2.31. The lowest BCUT2D eigenvalue weighted by molar-refractivity contribution is -0.141. The first-order valence-electron chi connectivity index (χ1n) is 5.17. The lowest BCUT2D eigenvalue weighted by Crippen LogP contribution is -2.47. The number of amides is 1. The summed E-state index contributed by atoms with van der Waals surface area (Å²) in [5, 5.41) is 28.8. The molecule has 1 aromatic carbocycles. The first-order valence-corrected chi connectivity index (χ1v) is 5.17. The van der Waals surface area contributed by atoms with E-state index in [4.69, 9.17) is 10.4 Å². The van der Waals surface area contributed by atoms with Crippen LogP contribution in [-0.4, -0.2) is 34.2 Å². The summed E-state index contributed by atoms with van der Waals surface area (Å²) in [5.41, 5.74) is 0.623. The maximum absolute atomic E-state index is 11.7. The van der Waals surface area contributed by atoms with Gasteiger partial charge in [0.1, 0.15) is 0 Å². The Morgan fingerprint density at radius 1 is 1.33 bits per heavy atom. The molecule has 0 fully saturated rings. The van der Waals surface area contributed by atoms with Crippen molar-refractivity contribution >= 4 is 11.9 Å². The molecule has 1 rings (SSSR count). The van der Waals surface area contributed by atoms with Crippen molar-refractivity contribution in [2.75, 3.05) is 0 Å². The lowest BCUT2D eigenvalue weighted by atomic mass is 10.1. The van der Waals surface area contributed by atoms with Crippen LogP contribution in [0.3, 0.4) is 0 Å². The smallest absolute Gasteiger partial charge is 0.328 e. The summed E-state index contributed by atoms with van der Waals surface area (Å²) < 4.78 is 0. The van der Waals surface area contributed by atoms with E-state index in [0.717, 1.165) is 0 Å². The van der Waals surface area contributed by atoms with Gasteiger partial charge in [-0.25, -0.2) is 4.79 Å². The van der Waals surface area contributed by atoms with Crippen LogP contribution >= 0.6 is 0 Å². The molecule has 18 heavy (non-hydrogen) atoms. The minimum atomic E-state index is -1.37. The van der Waals surface area contributed by atoms with Crippen molar-refractivity contribution in [3.05, 3.63) is 35.4 Å². The monoisotopic (exact) mass is 248 g/mol. The second-order valence-electron chi connectivity index (χ2n) is 3.72. The summed E-state index contributed by atoms with van der Waals surface area (Å²) in [6.07, 6.45) is -1.20. The van der Waals surface area contributed by atoms with E-state index in [1.807, 2.05) is 6.07 Å². The average Bonchev–Trinajstić information content (AvgIpc) is 2.35. The zero-order valence-electron chi connectivity index (χ0n) is 9.62. The van der Waals surface area contributed by atoms with Crippen LogP contribution in [0.5, 0.6) is 0 Å². The second kappa shape index (κ2) is 5.80. The van der Waals surface area contributed by atoms with Crippen molar-refractivity contribution in [2.45, 2.75) is 19.1 Å². The number of rotatable bonds is 4. The number of hydrogen-bond donors (Lipinski definition) is 3. The minimum Gasteiger partial charge on any atom is -0.480 e. The second-order valence-corrected chi connectivity index (χ2v) is 3.72. The Bertz CT molecular complexity index is 488. The van der Waals surface area contributed by atoms with Gasteiger partial charge in [-0.1, -0.05) is 0 Å². The molecule has 6 heteroatoms. The van der Waals surface area contributed by atoms with Gasteiger partial charge in [0.05, 0.1) is 17.7 Å². The van der Waals surface area contributed by atoms with E-state index in [0.29, 0.717) is 5.56 Å². The number of nitrogens with one attached hydrogen (secondary N) is 1. The summed E-state index contributed by atoms with van der Waals surface area (Å²) in [5.74, 6) is -1.93. The molecule has 0 aliphatic rings. The quantitative estimate of drug-likeness (QED) is 0.701. The molecule has 1 amide bonds. The summed E-state index contributed by atoms with van der Waals surface area (Å²) in [7, 11) is 0. The Balaban J connectivity index is 2.81. The molecule has 0 bridgehead atoms. The standard InChI is InChI=1S/C12H12N2O4/c1-7(15)10(12(17)18)14-11(16)9-4-2-8(6-13)3-5-9/h2-5,7,10,15H,1H3,(H,14,16)(H,17,18). The predicted octanol–water partition coefficient (Wildman–Crippen LogP) is 0.122. The first-order chi connectivity index (χ1) is 8.45. The summed E-state index contributed by atoms with van der Waals surface area (Å²) in [4.78, 5) is 22.5. The number of hydrogen-bond acceptors (Lipinski definition) is 4. The number of aliphatic hydroxyl groups is 1. The third-order valence-electron chi connectivity index (χ3n) is 2.31. The Morgan fingerprint density at radius 3 is 2.28 bits per heavy atom. The largest absolute Gasteiger partial charge is 0.480 e. The van der Waals surface area contributed by atoms with Crippen LogP contribution in [0.1, 0.15) is 22.8 Å². The highest BCUT2D eigenvalue weighted by Crippen LogP contribution is 2.04. The molecule has 0 heterocycles. The molecule has 2 unspecified atom stereocenters. The number of nitriles is 1. The number of carbonyl (C=O) groups is 2. The molecule has 6 nitrogen and oxygen atoms in total. The van der Waals surface area contributed by atoms with Crippen LogP contribution in [0.2, 0.25) is 0 Å². The molecule has 0 aliphatic heterocycles. The molecule has 1 aromatic rings. The van der Waals surface area contributed by atoms with Crippen LogP contribution in [0.4, 0.5) is 0 Å². The van der Waals surface area contributed by atoms with Crippen molar-refractivity contribution in [1.29, 1.82) is 5.26 Å². The number of nitrogens with zero attached hydrogens (tertiary/aromatic N) is 1. The van der Waals surface area contributed by atoms with E-state index in [2.05, 4.69) is 5.32 Å². The fourth-order valence-electron chi connectivity index (χ4n) is 1.31. The molecule has 94 valence electrons. The summed E-state index contributed by atoms with van der Waals surface area (Å²) in [6, 6.07) is 6.26. The predicted molar refractivity (Wildman–Crippen MR) is 61.7 cm³/mol. The van der Waals surface area contributed by atoms with E-state index in [-0.39, 0.29) is 5.56 Å². The van der Waals surface area contributed by atoms with Gasteiger partial charge in [0.2, 0.25) is 0 Å². The van der Waals surface area contributed by atoms with Gasteiger partial charge in [-0.15, -0.1) is 0 Å².